The van der Waals surface area contributed by atoms with E-state index in [1.165, 1.54) is 6.07 Å². The number of para-hydroxylation sites is 1. The molecular formula is C16H11ClFN3. The van der Waals surface area contributed by atoms with E-state index in [0.29, 0.717) is 28.2 Å². The van der Waals surface area contributed by atoms with Gasteiger partial charge in [0.25, 0.3) is 0 Å². The normalized spacial score (nSPS) is 10.8. The average molecular weight is 300 g/mol. The second-order valence-corrected chi connectivity index (χ2v) is 4.98. The molecule has 0 bridgehead atoms. The zero-order valence-corrected chi connectivity index (χ0v) is 12.0. The lowest BCUT2D eigenvalue weighted by molar-refractivity contribution is 0.620. The third-order valence-corrected chi connectivity index (χ3v) is 3.63. The summed E-state index contributed by atoms with van der Waals surface area (Å²) in [5, 5.41) is 9.27. The van der Waals surface area contributed by atoms with Crippen molar-refractivity contribution in [3.05, 3.63) is 59.2 Å². The Hall–Kier alpha value is -2.38. The number of rotatable bonds is 2. The first-order valence-corrected chi connectivity index (χ1v) is 6.92. The van der Waals surface area contributed by atoms with Gasteiger partial charge in [0, 0.05) is 6.07 Å². The molecule has 1 heterocycles. The van der Waals surface area contributed by atoms with Crippen LogP contribution in [0.15, 0.2) is 36.4 Å². The summed E-state index contributed by atoms with van der Waals surface area (Å²) < 4.78 is 15.5. The Morgan fingerprint density at radius 3 is 2.81 bits per heavy atom. The molecule has 3 aromatic rings. The van der Waals surface area contributed by atoms with Crippen molar-refractivity contribution in [1.82, 2.24) is 9.55 Å². The van der Waals surface area contributed by atoms with Gasteiger partial charge in [-0.15, -0.1) is 11.6 Å². The number of benzene rings is 2. The molecule has 0 radical (unpaired) electrons. The number of nitriles is 1. The van der Waals surface area contributed by atoms with E-state index in [1.54, 1.807) is 25.1 Å². The van der Waals surface area contributed by atoms with Gasteiger partial charge in [0.15, 0.2) is 0 Å². The van der Waals surface area contributed by atoms with E-state index in [9.17, 15) is 9.65 Å². The quantitative estimate of drug-likeness (QED) is 0.669. The maximum absolute atomic E-state index is 13.7. The van der Waals surface area contributed by atoms with Crippen LogP contribution in [0, 0.1) is 24.1 Å². The van der Waals surface area contributed by atoms with Crippen LogP contribution in [0.5, 0.6) is 0 Å². The number of fused-ring (bicyclic) bond motifs is 1. The van der Waals surface area contributed by atoms with Crippen molar-refractivity contribution in [1.29, 1.82) is 5.26 Å². The van der Waals surface area contributed by atoms with Gasteiger partial charge in [-0.3, -0.25) is 4.57 Å². The van der Waals surface area contributed by atoms with Crippen molar-refractivity contribution >= 4 is 22.6 Å². The summed E-state index contributed by atoms with van der Waals surface area (Å²) in [7, 11) is 0. The largest absolute Gasteiger partial charge is 0.294 e. The van der Waals surface area contributed by atoms with E-state index in [1.807, 2.05) is 16.7 Å². The van der Waals surface area contributed by atoms with E-state index < -0.39 is 0 Å². The average Bonchev–Trinajstić information content (AvgIpc) is 2.85. The monoisotopic (exact) mass is 299 g/mol. The molecule has 0 aliphatic rings. The highest BCUT2D eigenvalue weighted by Crippen LogP contribution is 2.26. The number of imidazole rings is 1. The van der Waals surface area contributed by atoms with E-state index in [2.05, 4.69) is 11.1 Å². The summed E-state index contributed by atoms with van der Waals surface area (Å²) in [6, 6.07) is 12.5. The zero-order chi connectivity index (χ0) is 15.0. The van der Waals surface area contributed by atoms with Crippen LogP contribution in [-0.4, -0.2) is 9.55 Å². The van der Waals surface area contributed by atoms with Crippen LogP contribution < -0.4 is 0 Å². The van der Waals surface area contributed by atoms with E-state index >= 15 is 0 Å². The van der Waals surface area contributed by atoms with Gasteiger partial charge in [0.2, 0.25) is 0 Å². The first-order chi connectivity index (χ1) is 10.2. The van der Waals surface area contributed by atoms with Gasteiger partial charge in [0.1, 0.15) is 17.7 Å². The minimum absolute atomic E-state index is 0.176. The lowest BCUT2D eigenvalue weighted by Crippen LogP contribution is -2.02. The highest BCUT2D eigenvalue weighted by Gasteiger charge is 2.15. The van der Waals surface area contributed by atoms with Crippen molar-refractivity contribution in [3.63, 3.8) is 0 Å². The minimum Gasteiger partial charge on any atom is -0.294 e. The fourth-order valence-electron chi connectivity index (χ4n) is 2.37. The van der Waals surface area contributed by atoms with Crippen LogP contribution in [0.1, 0.15) is 17.0 Å². The molecule has 0 fully saturated rings. The number of hydrogen-bond donors (Lipinski definition) is 0. The van der Waals surface area contributed by atoms with Crippen LogP contribution in [-0.2, 0) is 5.88 Å². The molecule has 0 saturated carbocycles. The smallest absolute Gasteiger partial charge is 0.129 e. The van der Waals surface area contributed by atoms with Gasteiger partial charge in [0.05, 0.1) is 28.2 Å². The van der Waals surface area contributed by atoms with Crippen molar-refractivity contribution in [2.24, 2.45) is 0 Å². The van der Waals surface area contributed by atoms with Crippen LogP contribution >= 0.6 is 11.6 Å². The number of aryl methyl sites for hydroxylation is 1. The molecule has 3 nitrogen and oxygen atoms in total. The van der Waals surface area contributed by atoms with Gasteiger partial charge in [-0.05, 0) is 30.7 Å². The Morgan fingerprint density at radius 2 is 2.10 bits per heavy atom. The fraction of sp³-hybridized carbons (Fsp3) is 0.125. The molecule has 104 valence electrons. The van der Waals surface area contributed by atoms with Crippen LogP contribution in [0.4, 0.5) is 4.39 Å². The fourth-order valence-corrected chi connectivity index (χ4v) is 2.55. The van der Waals surface area contributed by atoms with Crippen LogP contribution in [0.2, 0.25) is 0 Å². The van der Waals surface area contributed by atoms with Gasteiger partial charge < -0.3 is 0 Å². The van der Waals surface area contributed by atoms with Gasteiger partial charge in [-0.1, -0.05) is 12.1 Å². The minimum atomic E-state index is -0.304. The molecule has 2 aromatic carbocycles. The molecule has 0 atom stereocenters. The molecule has 0 N–H and O–H groups in total. The molecule has 0 saturated heterocycles. The van der Waals surface area contributed by atoms with Gasteiger partial charge >= 0.3 is 0 Å². The Kier molecular flexibility index (Phi) is 3.36. The van der Waals surface area contributed by atoms with E-state index in [-0.39, 0.29) is 11.7 Å². The summed E-state index contributed by atoms with van der Waals surface area (Å²) in [5.74, 6) is 0.455. The molecular weight excluding hydrogens is 289 g/mol. The standard InChI is InChI=1S/C16H11ClFN3/c1-10-6-15-13(7-12(10)18)20-16(8-17)21(15)14-5-3-2-4-11(14)9-19/h2-7H,8H2,1H3. The third-order valence-electron chi connectivity index (χ3n) is 3.39. The Morgan fingerprint density at radius 1 is 1.33 bits per heavy atom. The van der Waals surface area contributed by atoms with Crippen molar-refractivity contribution in [2.75, 3.05) is 0 Å². The number of hydrogen-bond acceptors (Lipinski definition) is 2. The molecule has 0 unspecified atom stereocenters. The van der Waals surface area contributed by atoms with E-state index in [0.717, 1.165) is 5.52 Å². The summed E-state index contributed by atoms with van der Waals surface area (Å²) >= 11 is 5.97. The second kappa shape index (κ2) is 5.19. The van der Waals surface area contributed by atoms with Gasteiger partial charge in [-0.2, -0.15) is 5.26 Å². The molecule has 21 heavy (non-hydrogen) atoms. The number of alkyl halides is 1. The first-order valence-electron chi connectivity index (χ1n) is 6.38. The van der Waals surface area contributed by atoms with Crippen molar-refractivity contribution in [3.8, 4) is 11.8 Å². The van der Waals surface area contributed by atoms with Crippen LogP contribution in [0.25, 0.3) is 16.7 Å². The molecule has 1 aromatic heterocycles. The molecule has 3 rings (SSSR count). The molecule has 0 spiro atoms. The predicted molar refractivity (Wildman–Crippen MR) is 80.0 cm³/mol. The Labute approximate surface area is 126 Å². The molecule has 0 amide bonds. The number of nitrogens with zero attached hydrogens (tertiary/aromatic N) is 3. The lowest BCUT2D eigenvalue weighted by Gasteiger charge is -2.10. The highest BCUT2D eigenvalue weighted by molar-refractivity contribution is 6.17. The molecule has 5 heteroatoms. The van der Waals surface area contributed by atoms with Crippen molar-refractivity contribution < 1.29 is 4.39 Å². The molecule has 0 aliphatic carbocycles. The zero-order valence-electron chi connectivity index (χ0n) is 11.3. The summed E-state index contributed by atoms with van der Waals surface area (Å²) in [6.07, 6.45) is 0. The van der Waals surface area contributed by atoms with Gasteiger partial charge in [-0.25, -0.2) is 9.37 Å². The SMILES string of the molecule is Cc1cc2c(cc1F)nc(CCl)n2-c1ccccc1C#N. The maximum Gasteiger partial charge on any atom is 0.129 e. The summed E-state index contributed by atoms with van der Waals surface area (Å²) in [5.41, 5.74) is 3.02. The van der Waals surface area contributed by atoms with E-state index in [4.69, 9.17) is 11.6 Å². The Balaban J connectivity index is 2.41. The highest BCUT2D eigenvalue weighted by atomic mass is 35.5. The summed E-state index contributed by atoms with van der Waals surface area (Å²) in [4.78, 5) is 4.37. The maximum atomic E-state index is 13.7. The Bertz CT molecular complexity index is 877. The first kappa shape index (κ1) is 13.6. The topological polar surface area (TPSA) is 41.6 Å². The predicted octanol–water partition coefficient (Wildman–Crippen LogP) is 4.08. The van der Waals surface area contributed by atoms with Crippen molar-refractivity contribution in [2.45, 2.75) is 12.8 Å². The lowest BCUT2D eigenvalue weighted by atomic mass is 10.1. The summed E-state index contributed by atoms with van der Waals surface area (Å²) in [6.45, 7) is 1.70. The second-order valence-electron chi connectivity index (χ2n) is 4.72. The third kappa shape index (κ3) is 2.16. The number of aromatic nitrogens is 2. The number of halogens is 2. The molecule has 0 aliphatic heterocycles. The van der Waals surface area contributed by atoms with Crippen LogP contribution in [0.3, 0.4) is 0 Å².